The van der Waals surface area contributed by atoms with E-state index < -0.39 is 0 Å². The highest BCUT2D eigenvalue weighted by atomic mass is 15.1. The van der Waals surface area contributed by atoms with Gasteiger partial charge in [0.1, 0.15) is 0 Å². The molecule has 0 heterocycles. The van der Waals surface area contributed by atoms with Crippen LogP contribution >= 0.6 is 0 Å². The summed E-state index contributed by atoms with van der Waals surface area (Å²) in [4.78, 5) is 2.35. The highest BCUT2D eigenvalue weighted by molar-refractivity contribution is 5.55. The lowest BCUT2D eigenvalue weighted by Crippen LogP contribution is -2.21. The van der Waals surface area contributed by atoms with Gasteiger partial charge < -0.3 is 10.2 Å². The summed E-state index contributed by atoms with van der Waals surface area (Å²) in [5.74, 6) is 0. The third kappa shape index (κ3) is 4.01. The zero-order chi connectivity index (χ0) is 15.2. The van der Waals surface area contributed by atoms with Crippen LogP contribution in [0, 0.1) is 6.92 Å². The molecule has 1 unspecified atom stereocenters. The summed E-state index contributed by atoms with van der Waals surface area (Å²) in [6.45, 7) is 10.8. The minimum absolute atomic E-state index is 0.310. The van der Waals surface area contributed by atoms with Gasteiger partial charge in [-0.05, 0) is 57.5 Å². The molecule has 1 atom stereocenters. The molecule has 0 aliphatic carbocycles. The second kappa shape index (κ2) is 7.16. The Morgan fingerprint density at radius 1 is 0.905 bits per heavy atom. The van der Waals surface area contributed by atoms with Crippen LogP contribution in [-0.4, -0.2) is 13.1 Å². The molecule has 0 saturated heterocycles. The fraction of sp³-hybridized carbons (Fsp3) is 0.368. The van der Waals surface area contributed by atoms with Crippen molar-refractivity contribution in [2.45, 2.75) is 33.7 Å². The quantitative estimate of drug-likeness (QED) is 0.800. The van der Waals surface area contributed by atoms with Crippen LogP contribution < -0.4 is 10.2 Å². The Labute approximate surface area is 128 Å². The van der Waals surface area contributed by atoms with Gasteiger partial charge in [0.15, 0.2) is 0 Å². The van der Waals surface area contributed by atoms with Crippen LogP contribution in [0.15, 0.2) is 48.5 Å². The average Bonchev–Trinajstić information content (AvgIpc) is 2.51. The molecule has 0 saturated carbocycles. The van der Waals surface area contributed by atoms with Gasteiger partial charge >= 0.3 is 0 Å². The molecule has 0 radical (unpaired) electrons. The van der Waals surface area contributed by atoms with E-state index in [9.17, 15) is 0 Å². The van der Waals surface area contributed by atoms with Crippen molar-refractivity contribution in [1.82, 2.24) is 0 Å². The Morgan fingerprint density at radius 2 is 1.48 bits per heavy atom. The standard InChI is InChI=1S/C19H26N2/c1-5-21(6-2)19-13-11-18(12-14-19)20-16(4)17-9-7-15(3)8-10-17/h7-14,16,20H,5-6H2,1-4H3. The predicted octanol–water partition coefficient (Wildman–Crippen LogP) is 5.01. The Kier molecular flexibility index (Phi) is 5.26. The summed E-state index contributed by atoms with van der Waals surface area (Å²) < 4.78 is 0. The van der Waals surface area contributed by atoms with Crippen LogP contribution in [0.25, 0.3) is 0 Å². The number of anilines is 2. The predicted molar refractivity (Wildman–Crippen MR) is 93.2 cm³/mol. The maximum absolute atomic E-state index is 3.56. The van der Waals surface area contributed by atoms with Crippen molar-refractivity contribution in [1.29, 1.82) is 0 Å². The molecule has 0 spiro atoms. The number of nitrogens with one attached hydrogen (secondary N) is 1. The highest BCUT2D eigenvalue weighted by Crippen LogP contribution is 2.22. The van der Waals surface area contributed by atoms with Crippen molar-refractivity contribution in [2.75, 3.05) is 23.3 Å². The Morgan fingerprint density at radius 3 is 2.00 bits per heavy atom. The van der Waals surface area contributed by atoms with Crippen LogP contribution in [0.4, 0.5) is 11.4 Å². The van der Waals surface area contributed by atoms with Crippen molar-refractivity contribution in [3.8, 4) is 0 Å². The summed E-state index contributed by atoms with van der Waals surface area (Å²) in [6, 6.07) is 17.7. The first-order chi connectivity index (χ1) is 10.1. The van der Waals surface area contributed by atoms with Crippen molar-refractivity contribution in [3.63, 3.8) is 0 Å². The molecule has 2 nitrogen and oxygen atoms in total. The van der Waals surface area contributed by atoms with E-state index in [4.69, 9.17) is 0 Å². The van der Waals surface area contributed by atoms with E-state index in [2.05, 4.69) is 86.4 Å². The van der Waals surface area contributed by atoms with E-state index in [1.807, 2.05) is 0 Å². The van der Waals surface area contributed by atoms with Gasteiger partial charge in [-0.25, -0.2) is 0 Å². The average molecular weight is 282 g/mol. The molecule has 112 valence electrons. The smallest absolute Gasteiger partial charge is 0.0485 e. The number of aryl methyl sites for hydroxylation is 1. The molecule has 2 heteroatoms. The molecule has 0 amide bonds. The maximum atomic E-state index is 3.56. The zero-order valence-electron chi connectivity index (χ0n) is 13.6. The fourth-order valence-electron chi connectivity index (χ4n) is 2.55. The number of benzene rings is 2. The zero-order valence-corrected chi connectivity index (χ0v) is 13.6. The Hall–Kier alpha value is -1.96. The van der Waals surface area contributed by atoms with Gasteiger partial charge in [-0.1, -0.05) is 29.8 Å². The molecule has 0 bridgehead atoms. The summed E-state index contributed by atoms with van der Waals surface area (Å²) in [5.41, 5.74) is 5.07. The molecular formula is C19H26N2. The van der Waals surface area contributed by atoms with E-state index in [0.717, 1.165) is 13.1 Å². The third-order valence-electron chi connectivity index (χ3n) is 3.96. The summed E-state index contributed by atoms with van der Waals surface area (Å²) >= 11 is 0. The summed E-state index contributed by atoms with van der Waals surface area (Å²) in [7, 11) is 0. The first-order valence-corrected chi connectivity index (χ1v) is 7.82. The van der Waals surface area contributed by atoms with Crippen LogP contribution in [0.1, 0.15) is 37.9 Å². The van der Waals surface area contributed by atoms with Crippen LogP contribution in [-0.2, 0) is 0 Å². The van der Waals surface area contributed by atoms with E-state index in [1.54, 1.807) is 0 Å². The van der Waals surface area contributed by atoms with Gasteiger partial charge in [-0.2, -0.15) is 0 Å². The Balaban J connectivity index is 2.04. The number of rotatable bonds is 6. The fourth-order valence-corrected chi connectivity index (χ4v) is 2.55. The topological polar surface area (TPSA) is 15.3 Å². The van der Waals surface area contributed by atoms with E-state index in [0.29, 0.717) is 6.04 Å². The molecule has 21 heavy (non-hydrogen) atoms. The lowest BCUT2D eigenvalue weighted by molar-refractivity contribution is 0.864. The van der Waals surface area contributed by atoms with Crippen molar-refractivity contribution < 1.29 is 0 Å². The second-order valence-electron chi connectivity index (χ2n) is 5.50. The van der Waals surface area contributed by atoms with Gasteiger partial charge in [0.2, 0.25) is 0 Å². The molecular weight excluding hydrogens is 256 g/mol. The van der Waals surface area contributed by atoms with Gasteiger partial charge in [0, 0.05) is 30.5 Å². The van der Waals surface area contributed by atoms with Gasteiger partial charge in [0.05, 0.1) is 0 Å². The summed E-state index contributed by atoms with van der Waals surface area (Å²) in [6.07, 6.45) is 0. The molecule has 2 rings (SSSR count). The molecule has 2 aromatic rings. The van der Waals surface area contributed by atoms with E-state index >= 15 is 0 Å². The molecule has 0 aromatic heterocycles. The molecule has 0 aliphatic rings. The Bertz CT molecular complexity index is 539. The molecule has 2 aromatic carbocycles. The third-order valence-corrected chi connectivity index (χ3v) is 3.96. The van der Waals surface area contributed by atoms with Gasteiger partial charge in [-0.15, -0.1) is 0 Å². The lowest BCUT2D eigenvalue weighted by atomic mass is 10.1. The normalized spacial score (nSPS) is 12.0. The highest BCUT2D eigenvalue weighted by Gasteiger charge is 2.06. The van der Waals surface area contributed by atoms with Crippen molar-refractivity contribution in [2.24, 2.45) is 0 Å². The number of hydrogen-bond acceptors (Lipinski definition) is 2. The minimum Gasteiger partial charge on any atom is -0.379 e. The number of hydrogen-bond donors (Lipinski definition) is 1. The molecule has 1 N–H and O–H groups in total. The van der Waals surface area contributed by atoms with Crippen molar-refractivity contribution >= 4 is 11.4 Å². The largest absolute Gasteiger partial charge is 0.379 e. The molecule has 0 aliphatic heterocycles. The molecule has 0 fully saturated rings. The van der Waals surface area contributed by atoms with E-state index in [1.165, 1.54) is 22.5 Å². The minimum atomic E-state index is 0.310. The summed E-state index contributed by atoms with van der Waals surface area (Å²) in [5, 5.41) is 3.56. The maximum Gasteiger partial charge on any atom is 0.0485 e. The second-order valence-corrected chi connectivity index (χ2v) is 5.50. The van der Waals surface area contributed by atoms with Gasteiger partial charge in [-0.3, -0.25) is 0 Å². The van der Waals surface area contributed by atoms with E-state index in [-0.39, 0.29) is 0 Å². The number of nitrogens with zero attached hydrogens (tertiary/aromatic N) is 1. The van der Waals surface area contributed by atoms with Crippen molar-refractivity contribution in [3.05, 3.63) is 59.7 Å². The monoisotopic (exact) mass is 282 g/mol. The van der Waals surface area contributed by atoms with Gasteiger partial charge in [0.25, 0.3) is 0 Å². The SMILES string of the molecule is CCN(CC)c1ccc(NC(C)c2ccc(C)cc2)cc1. The van der Waals surface area contributed by atoms with Crippen LogP contribution in [0.2, 0.25) is 0 Å². The van der Waals surface area contributed by atoms with Crippen LogP contribution in [0.5, 0.6) is 0 Å². The van der Waals surface area contributed by atoms with Crippen LogP contribution in [0.3, 0.4) is 0 Å². The first kappa shape index (κ1) is 15.4. The lowest BCUT2D eigenvalue weighted by Gasteiger charge is -2.22. The first-order valence-electron chi connectivity index (χ1n) is 7.82.